The lowest BCUT2D eigenvalue weighted by atomic mass is 10.2. The summed E-state index contributed by atoms with van der Waals surface area (Å²) in [5.74, 6) is -0.570. The van der Waals surface area contributed by atoms with Crippen molar-refractivity contribution < 1.29 is 22.9 Å². The van der Waals surface area contributed by atoms with Gasteiger partial charge in [-0.2, -0.15) is 4.31 Å². The highest BCUT2D eigenvalue weighted by atomic mass is 32.2. The molecule has 10 heteroatoms. The molecule has 0 atom stereocenters. The molecule has 1 aliphatic rings. The molecule has 0 saturated carbocycles. The van der Waals surface area contributed by atoms with E-state index in [1.807, 2.05) is 0 Å². The summed E-state index contributed by atoms with van der Waals surface area (Å²) < 4.78 is 31.9. The Morgan fingerprint density at radius 1 is 1.11 bits per heavy atom. The van der Waals surface area contributed by atoms with Gasteiger partial charge in [0.25, 0.3) is 11.6 Å². The molecule has 0 spiro atoms. The van der Waals surface area contributed by atoms with Crippen LogP contribution < -0.4 is 5.32 Å². The second-order valence-electron chi connectivity index (χ2n) is 5.81. The highest BCUT2D eigenvalue weighted by Gasteiger charge is 2.26. The number of non-ortho nitro benzene ring substituents is 1. The van der Waals surface area contributed by atoms with Gasteiger partial charge in [-0.1, -0.05) is 12.1 Å². The molecule has 9 nitrogen and oxygen atoms in total. The number of hydrogen-bond donors (Lipinski definition) is 1. The number of anilines is 1. The minimum atomic E-state index is -3.69. The van der Waals surface area contributed by atoms with Gasteiger partial charge in [0.15, 0.2) is 0 Å². The summed E-state index contributed by atoms with van der Waals surface area (Å²) >= 11 is 0. The van der Waals surface area contributed by atoms with Gasteiger partial charge in [0.05, 0.1) is 23.0 Å². The molecule has 3 rings (SSSR count). The maximum Gasteiger partial charge on any atom is 0.270 e. The molecule has 142 valence electrons. The summed E-state index contributed by atoms with van der Waals surface area (Å²) in [5.41, 5.74) is 0.178. The zero-order valence-electron chi connectivity index (χ0n) is 14.2. The van der Waals surface area contributed by atoms with Gasteiger partial charge in [-0.25, -0.2) is 8.42 Å². The zero-order chi connectivity index (χ0) is 19.4. The molecule has 0 aliphatic carbocycles. The summed E-state index contributed by atoms with van der Waals surface area (Å²) in [5, 5.41) is 13.4. The third-order valence-corrected chi connectivity index (χ3v) is 5.91. The number of sulfonamides is 1. The summed E-state index contributed by atoms with van der Waals surface area (Å²) in [7, 11) is -3.69. The van der Waals surface area contributed by atoms with Gasteiger partial charge < -0.3 is 10.1 Å². The van der Waals surface area contributed by atoms with Crippen molar-refractivity contribution in [2.24, 2.45) is 0 Å². The number of rotatable bonds is 5. The monoisotopic (exact) mass is 391 g/mol. The molecule has 0 bridgehead atoms. The maximum atomic E-state index is 12.7. The van der Waals surface area contributed by atoms with Gasteiger partial charge in [-0.05, 0) is 24.3 Å². The number of nitro benzene ring substituents is 1. The van der Waals surface area contributed by atoms with Crippen LogP contribution in [0.15, 0.2) is 53.4 Å². The Morgan fingerprint density at radius 2 is 1.81 bits per heavy atom. The largest absolute Gasteiger partial charge is 0.379 e. The molecule has 0 aromatic heterocycles. The van der Waals surface area contributed by atoms with Crippen LogP contribution in [0.4, 0.5) is 11.4 Å². The van der Waals surface area contributed by atoms with Gasteiger partial charge in [0.2, 0.25) is 10.0 Å². The van der Waals surface area contributed by atoms with E-state index in [4.69, 9.17) is 4.74 Å². The second-order valence-corrected chi connectivity index (χ2v) is 7.74. The fourth-order valence-electron chi connectivity index (χ4n) is 2.63. The van der Waals surface area contributed by atoms with Crippen LogP contribution in [0.5, 0.6) is 0 Å². The number of nitrogens with one attached hydrogen (secondary N) is 1. The number of benzene rings is 2. The van der Waals surface area contributed by atoms with E-state index in [1.165, 1.54) is 40.7 Å². The predicted octanol–water partition coefficient (Wildman–Crippen LogP) is 1.87. The van der Waals surface area contributed by atoms with Crippen molar-refractivity contribution in [3.05, 3.63) is 64.2 Å². The Labute approximate surface area is 155 Å². The fourth-order valence-corrected chi connectivity index (χ4v) is 4.09. The highest BCUT2D eigenvalue weighted by molar-refractivity contribution is 7.89. The number of carbonyl (C=O) groups is 1. The molecule has 1 N–H and O–H groups in total. The normalized spacial score (nSPS) is 15.3. The van der Waals surface area contributed by atoms with E-state index < -0.39 is 20.9 Å². The van der Waals surface area contributed by atoms with Crippen LogP contribution in [-0.4, -0.2) is 49.9 Å². The van der Waals surface area contributed by atoms with Crippen LogP contribution in [0.25, 0.3) is 0 Å². The number of amides is 1. The van der Waals surface area contributed by atoms with Crippen molar-refractivity contribution in [2.45, 2.75) is 4.90 Å². The number of ether oxygens (including phenoxy) is 1. The van der Waals surface area contributed by atoms with Gasteiger partial charge in [0, 0.05) is 36.5 Å². The van der Waals surface area contributed by atoms with Crippen LogP contribution in [0.2, 0.25) is 0 Å². The minimum Gasteiger partial charge on any atom is -0.379 e. The van der Waals surface area contributed by atoms with Crippen LogP contribution >= 0.6 is 0 Å². The van der Waals surface area contributed by atoms with Crippen molar-refractivity contribution in [3.8, 4) is 0 Å². The lowest BCUT2D eigenvalue weighted by Crippen LogP contribution is -2.40. The molecule has 27 heavy (non-hydrogen) atoms. The average Bonchev–Trinajstić information content (AvgIpc) is 2.69. The fraction of sp³-hybridized carbons (Fsp3) is 0.235. The average molecular weight is 391 g/mol. The summed E-state index contributed by atoms with van der Waals surface area (Å²) in [6.45, 7) is 1.21. The van der Waals surface area contributed by atoms with E-state index in [0.717, 1.165) is 6.07 Å². The number of carbonyl (C=O) groups excluding carboxylic acids is 1. The van der Waals surface area contributed by atoms with Crippen LogP contribution in [0.1, 0.15) is 10.4 Å². The lowest BCUT2D eigenvalue weighted by Gasteiger charge is -2.26. The van der Waals surface area contributed by atoms with E-state index in [1.54, 1.807) is 6.07 Å². The Hall–Kier alpha value is -2.82. The van der Waals surface area contributed by atoms with Crippen LogP contribution in [0, 0.1) is 10.1 Å². The zero-order valence-corrected chi connectivity index (χ0v) is 15.0. The first-order valence-corrected chi connectivity index (χ1v) is 9.56. The van der Waals surface area contributed by atoms with Gasteiger partial charge in [-0.15, -0.1) is 0 Å². The van der Waals surface area contributed by atoms with E-state index in [2.05, 4.69) is 5.32 Å². The molecule has 0 radical (unpaired) electrons. The Morgan fingerprint density at radius 3 is 2.52 bits per heavy atom. The van der Waals surface area contributed by atoms with Crippen molar-refractivity contribution in [2.75, 3.05) is 31.6 Å². The molecule has 1 amide bonds. The molecule has 0 unspecified atom stereocenters. The van der Waals surface area contributed by atoms with Crippen LogP contribution in [0.3, 0.4) is 0 Å². The Balaban J connectivity index is 1.80. The highest BCUT2D eigenvalue weighted by Crippen LogP contribution is 2.21. The summed E-state index contributed by atoms with van der Waals surface area (Å²) in [6, 6.07) is 11.2. The molecule has 1 fully saturated rings. The smallest absolute Gasteiger partial charge is 0.270 e. The third-order valence-electron chi connectivity index (χ3n) is 4.02. The van der Waals surface area contributed by atoms with Crippen LogP contribution in [-0.2, 0) is 14.8 Å². The molecule has 2 aromatic rings. The first-order valence-electron chi connectivity index (χ1n) is 8.12. The maximum absolute atomic E-state index is 12.7. The number of hydrogen-bond acceptors (Lipinski definition) is 6. The lowest BCUT2D eigenvalue weighted by molar-refractivity contribution is -0.384. The van der Waals surface area contributed by atoms with E-state index in [0.29, 0.717) is 13.2 Å². The molecule has 2 aromatic carbocycles. The minimum absolute atomic E-state index is 0.0567. The Kier molecular flexibility index (Phi) is 5.49. The first kappa shape index (κ1) is 19.0. The summed E-state index contributed by atoms with van der Waals surface area (Å²) in [6.07, 6.45) is 0. The molecule has 1 aliphatic heterocycles. The van der Waals surface area contributed by atoms with E-state index in [-0.39, 0.29) is 34.9 Å². The second kappa shape index (κ2) is 7.82. The third kappa shape index (κ3) is 4.30. The predicted molar refractivity (Wildman–Crippen MR) is 97.1 cm³/mol. The Bertz CT molecular complexity index is 970. The molecular formula is C17H17N3O6S. The van der Waals surface area contributed by atoms with Crippen molar-refractivity contribution in [1.82, 2.24) is 4.31 Å². The van der Waals surface area contributed by atoms with E-state index in [9.17, 15) is 23.3 Å². The first-order chi connectivity index (χ1) is 12.9. The van der Waals surface area contributed by atoms with E-state index >= 15 is 0 Å². The number of nitro groups is 1. The number of morpholine rings is 1. The van der Waals surface area contributed by atoms with Gasteiger partial charge in [0.1, 0.15) is 0 Å². The summed E-state index contributed by atoms with van der Waals surface area (Å²) in [4.78, 5) is 22.6. The van der Waals surface area contributed by atoms with Crippen molar-refractivity contribution in [1.29, 1.82) is 0 Å². The molecule has 1 saturated heterocycles. The van der Waals surface area contributed by atoms with Crippen molar-refractivity contribution >= 4 is 27.3 Å². The van der Waals surface area contributed by atoms with Gasteiger partial charge >= 0.3 is 0 Å². The quantitative estimate of drug-likeness (QED) is 0.614. The molecule has 1 heterocycles. The molecular weight excluding hydrogens is 374 g/mol. The van der Waals surface area contributed by atoms with Crippen molar-refractivity contribution in [3.63, 3.8) is 0 Å². The number of nitrogens with zero attached hydrogens (tertiary/aromatic N) is 2. The standard InChI is InChI=1S/C17H17N3O6S/c21-17(13-3-1-5-15(11-13)20(22)23)18-14-4-2-6-16(12-14)27(24,25)19-7-9-26-10-8-19/h1-6,11-12H,7-10H2,(H,18,21). The topological polar surface area (TPSA) is 119 Å². The SMILES string of the molecule is O=C(Nc1cccc(S(=O)(=O)N2CCOCC2)c1)c1cccc([N+](=O)[O-])c1. The van der Waals surface area contributed by atoms with Gasteiger partial charge in [-0.3, -0.25) is 14.9 Å².